The van der Waals surface area contributed by atoms with E-state index in [1.807, 2.05) is 10.7 Å². The van der Waals surface area contributed by atoms with Gasteiger partial charge in [-0.3, -0.25) is 4.90 Å². The molecule has 0 saturated carbocycles. The first kappa shape index (κ1) is 14.8. The molecule has 0 amide bonds. The Kier molecular flexibility index (Phi) is 3.43. The molecule has 7 heteroatoms. The van der Waals surface area contributed by atoms with E-state index < -0.39 is 0 Å². The number of nitrogens with zero attached hydrogens (tertiary/aromatic N) is 4. The van der Waals surface area contributed by atoms with Crippen molar-refractivity contribution in [2.75, 3.05) is 13.1 Å². The molecule has 1 saturated heterocycles. The van der Waals surface area contributed by atoms with Crippen LogP contribution in [-0.4, -0.2) is 39.1 Å². The second kappa shape index (κ2) is 5.79. The van der Waals surface area contributed by atoms with Gasteiger partial charge in [0.1, 0.15) is 11.5 Å². The zero-order valence-electron chi connectivity index (χ0n) is 13.5. The Labute approximate surface area is 143 Å². The van der Waals surface area contributed by atoms with Crippen molar-refractivity contribution in [2.24, 2.45) is 0 Å². The Morgan fingerprint density at radius 1 is 1.16 bits per heavy atom. The Balaban J connectivity index is 1.41. The van der Waals surface area contributed by atoms with Gasteiger partial charge in [0, 0.05) is 30.8 Å². The zero-order valence-corrected chi connectivity index (χ0v) is 13.5. The number of benzene rings is 1. The Bertz CT molecular complexity index is 875. The fourth-order valence-corrected chi connectivity index (χ4v) is 3.73. The molecule has 2 aliphatic rings. The molecule has 1 fully saturated rings. The van der Waals surface area contributed by atoms with E-state index in [2.05, 4.69) is 15.2 Å². The van der Waals surface area contributed by atoms with Gasteiger partial charge in [-0.25, -0.2) is 9.07 Å². The summed E-state index contributed by atoms with van der Waals surface area (Å²) in [5.74, 6) is -0.258. The largest absolute Gasteiger partial charge is 0.472 e. The van der Waals surface area contributed by atoms with Crippen LogP contribution in [0.2, 0.25) is 0 Å². The van der Waals surface area contributed by atoms with Gasteiger partial charge in [-0.2, -0.15) is 0 Å². The molecule has 0 N–H and O–H groups in total. The van der Waals surface area contributed by atoms with Gasteiger partial charge < -0.3 is 9.15 Å². The molecule has 0 bridgehead atoms. The van der Waals surface area contributed by atoms with Crippen LogP contribution < -0.4 is 0 Å². The highest BCUT2D eigenvalue weighted by Crippen LogP contribution is 2.34. The van der Waals surface area contributed by atoms with Crippen LogP contribution in [0, 0.1) is 5.82 Å². The van der Waals surface area contributed by atoms with E-state index in [4.69, 9.17) is 9.15 Å². The quantitative estimate of drug-likeness (QED) is 0.734. The molecule has 2 atom stereocenters. The summed E-state index contributed by atoms with van der Waals surface area (Å²) in [5, 5.41) is 8.71. The molecule has 0 radical (unpaired) electrons. The van der Waals surface area contributed by atoms with Gasteiger partial charge in [-0.15, -0.1) is 5.10 Å². The maximum absolute atomic E-state index is 13.2. The molecule has 5 rings (SSSR count). The van der Waals surface area contributed by atoms with E-state index in [1.54, 1.807) is 24.7 Å². The fourth-order valence-electron chi connectivity index (χ4n) is 3.73. The van der Waals surface area contributed by atoms with Crippen molar-refractivity contribution < 1.29 is 13.5 Å². The lowest BCUT2D eigenvalue weighted by molar-refractivity contribution is -0.00494. The molecule has 0 aliphatic carbocycles. The van der Waals surface area contributed by atoms with E-state index in [-0.39, 0.29) is 18.0 Å². The third-order valence-electron chi connectivity index (χ3n) is 4.96. The van der Waals surface area contributed by atoms with Crippen LogP contribution in [0.1, 0.15) is 17.3 Å². The lowest BCUT2D eigenvalue weighted by Gasteiger charge is -2.26. The first-order valence-corrected chi connectivity index (χ1v) is 8.33. The molecule has 128 valence electrons. The summed E-state index contributed by atoms with van der Waals surface area (Å²) < 4.78 is 26.4. The van der Waals surface area contributed by atoms with E-state index >= 15 is 0 Å². The summed E-state index contributed by atoms with van der Waals surface area (Å²) in [5.41, 5.74) is 3.74. The van der Waals surface area contributed by atoms with E-state index in [0.717, 1.165) is 42.1 Å². The van der Waals surface area contributed by atoms with Gasteiger partial charge in [0.05, 0.1) is 37.0 Å². The average molecular weight is 340 g/mol. The molecule has 1 aromatic carbocycles. The molecule has 0 spiro atoms. The van der Waals surface area contributed by atoms with Crippen LogP contribution in [0.3, 0.4) is 0 Å². The fraction of sp³-hybridized carbons (Fsp3) is 0.333. The van der Waals surface area contributed by atoms with Crippen molar-refractivity contribution in [1.29, 1.82) is 0 Å². The van der Waals surface area contributed by atoms with E-state index in [1.165, 1.54) is 12.1 Å². The highest BCUT2D eigenvalue weighted by molar-refractivity contribution is 5.61. The number of halogens is 1. The minimum absolute atomic E-state index is 0.113. The van der Waals surface area contributed by atoms with Crippen LogP contribution in [0.5, 0.6) is 0 Å². The standard InChI is InChI=1S/C18H17FN4O2/c19-14-3-1-13(2-4-14)18-16-11-25-17-9-22(7-12-5-6-24-10-12)8-15(17)23(16)21-20-18/h1-6,10,15,17H,7-9,11H2/t15-,17+/m0/s1. The van der Waals surface area contributed by atoms with Crippen LogP contribution in [0.15, 0.2) is 47.3 Å². The highest BCUT2D eigenvalue weighted by atomic mass is 19.1. The summed E-state index contributed by atoms with van der Waals surface area (Å²) in [7, 11) is 0. The van der Waals surface area contributed by atoms with Crippen molar-refractivity contribution in [3.8, 4) is 11.3 Å². The molecule has 4 heterocycles. The second-order valence-corrected chi connectivity index (χ2v) is 6.58. The molecule has 2 aromatic heterocycles. The average Bonchev–Trinajstić information content (AvgIpc) is 3.33. The van der Waals surface area contributed by atoms with Gasteiger partial charge >= 0.3 is 0 Å². The molecule has 3 aromatic rings. The van der Waals surface area contributed by atoms with Crippen molar-refractivity contribution >= 4 is 0 Å². The van der Waals surface area contributed by atoms with Gasteiger partial charge in [0.15, 0.2) is 0 Å². The Morgan fingerprint density at radius 3 is 2.84 bits per heavy atom. The van der Waals surface area contributed by atoms with Crippen LogP contribution in [0.4, 0.5) is 4.39 Å². The van der Waals surface area contributed by atoms with Gasteiger partial charge in [-0.1, -0.05) is 5.21 Å². The van der Waals surface area contributed by atoms with Gasteiger partial charge in [0.2, 0.25) is 0 Å². The van der Waals surface area contributed by atoms with Gasteiger partial charge in [0.25, 0.3) is 0 Å². The highest BCUT2D eigenvalue weighted by Gasteiger charge is 2.40. The predicted molar refractivity (Wildman–Crippen MR) is 87.0 cm³/mol. The maximum atomic E-state index is 13.2. The van der Waals surface area contributed by atoms with Gasteiger partial charge in [-0.05, 0) is 30.3 Å². The number of fused-ring (bicyclic) bond motifs is 3. The minimum Gasteiger partial charge on any atom is -0.472 e. The summed E-state index contributed by atoms with van der Waals surface area (Å²) >= 11 is 0. The number of furan rings is 1. The summed E-state index contributed by atoms with van der Waals surface area (Å²) in [6.07, 6.45) is 3.58. The number of rotatable bonds is 3. The number of likely N-dealkylation sites (tertiary alicyclic amines) is 1. The first-order chi connectivity index (χ1) is 12.3. The Hall–Kier alpha value is -2.51. The maximum Gasteiger partial charge on any atom is 0.123 e. The van der Waals surface area contributed by atoms with Crippen LogP contribution >= 0.6 is 0 Å². The van der Waals surface area contributed by atoms with Crippen molar-refractivity contribution in [1.82, 2.24) is 19.9 Å². The number of hydrogen-bond donors (Lipinski definition) is 0. The van der Waals surface area contributed by atoms with Crippen molar-refractivity contribution in [2.45, 2.75) is 25.3 Å². The summed E-state index contributed by atoms with van der Waals surface area (Å²) in [6.45, 7) is 3.03. The minimum atomic E-state index is -0.258. The second-order valence-electron chi connectivity index (χ2n) is 6.58. The Morgan fingerprint density at radius 2 is 2.04 bits per heavy atom. The zero-order chi connectivity index (χ0) is 16.8. The molecular weight excluding hydrogens is 323 g/mol. The normalized spacial score (nSPS) is 22.8. The van der Waals surface area contributed by atoms with Crippen molar-refractivity contribution in [3.63, 3.8) is 0 Å². The molecular formula is C18H17FN4O2. The number of ether oxygens (including phenoxy) is 1. The third kappa shape index (κ3) is 2.56. The monoisotopic (exact) mass is 340 g/mol. The number of aromatic nitrogens is 3. The summed E-state index contributed by atoms with van der Waals surface area (Å²) in [4.78, 5) is 2.34. The molecule has 25 heavy (non-hydrogen) atoms. The molecule has 2 aliphatic heterocycles. The van der Waals surface area contributed by atoms with E-state index in [0.29, 0.717) is 6.61 Å². The summed E-state index contributed by atoms with van der Waals surface area (Å²) in [6, 6.07) is 8.47. The number of hydrogen-bond acceptors (Lipinski definition) is 5. The van der Waals surface area contributed by atoms with Crippen LogP contribution in [-0.2, 0) is 17.9 Å². The SMILES string of the molecule is Fc1ccc(-c2nnn3c2CO[C@@H]2CN(Cc4ccoc4)C[C@@H]23)cc1. The lowest BCUT2D eigenvalue weighted by Crippen LogP contribution is -2.32. The third-order valence-corrected chi connectivity index (χ3v) is 4.96. The molecule has 0 unspecified atom stereocenters. The lowest BCUT2D eigenvalue weighted by atomic mass is 10.1. The topological polar surface area (TPSA) is 56.3 Å². The van der Waals surface area contributed by atoms with Crippen molar-refractivity contribution in [3.05, 3.63) is 59.9 Å². The smallest absolute Gasteiger partial charge is 0.123 e. The predicted octanol–water partition coefficient (Wildman–Crippen LogP) is 2.63. The molecule has 6 nitrogen and oxygen atoms in total. The first-order valence-electron chi connectivity index (χ1n) is 8.33. The van der Waals surface area contributed by atoms with E-state index in [9.17, 15) is 4.39 Å². The van der Waals surface area contributed by atoms with Crippen LogP contribution in [0.25, 0.3) is 11.3 Å².